The van der Waals surface area contributed by atoms with Crippen molar-refractivity contribution in [2.24, 2.45) is 5.73 Å². The molecule has 88 valence electrons. The molecule has 0 aliphatic heterocycles. The van der Waals surface area contributed by atoms with E-state index in [0.29, 0.717) is 5.75 Å². The summed E-state index contributed by atoms with van der Waals surface area (Å²) in [5.41, 5.74) is 8.31. The van der Waals surface area contributed by atoms with Crippen molar-refractivity contribution in [1.82, 2.24) is 0 Å². The lowest BCUT2D eigenvalue weighted by atomic mass is 9.77. The summed E-state index contributed by atoms with van der Waals surface area (Å²) in [6.45, 7) is 1.91. The van der Waals surface area contributed by atoms with Crippen LogP contribution in [0.3, 0.4) is 0 Å². The van der Waals surface area contributed by atoms with E-state index in [9.17, 15) is 5.11 Å². The van der Waals surface area contributed by atoms with Crippen LogP contribution in [-0.4, -0.2) is 5.11 Å². The Morgan fingerprint density at radius 1 is 1.25 bits per heavy atom. The van der Waals surface area contributed by atoms with Crippen LogP contribution >= 0.6 is 15.9 Å². The molecule has 0 unspecified atom stereocenters. The first-order valence-electron chi connectivity index (χ1n) is 5.81. The minimum absolute atomic E-state index is 0.195. The van der Waals surface area contributed by atoms with Gasteiger partial charge in [-0.15, -0.1) is 0 Å². The summed E-state index contributed by atoms with van der Waals surface area (Å²) in [7, 11) is 0. The molecule has 3 N–H and O–H groups in total. The van der Waals surface area contributed by atoms with Crippen LogP contribution in [-0.2, 0) is 5.54 Å². The van der Waals surface area contributed by atoms with Crippen molar-refractivity contribution in [3.63, 3.8) is 0 Å². The Bertz CT molecular complexity index is 374. The number of phenols is 1. The molecule has 1 saturated carbocycles. The molecule has 0 aromatic heterocycles. The average Bonchev–Trinajstić information content (AvgIpc) is 2.26. The van der Waals surface area contributed by atoms with Gasteiger partial charge in [0.25, 0.3) is 0 Å². The van der Waals surface area contributed by atoms with E-state index in [-0.39, 0.29) is 5.54 Å². The molecule has 2 nitrogen and oxygen atoms in total. The molecular weight excluding hydrogens is 266 g/mol. The first-order chi connectivity index (χ1) is 7.53. The van der Waals surface area contributed by atoms with Crippen LogP contribution in [0.5, 0.6) is 5.75 Å². The SMILES string of the molecule is Cc1cc(C2(N)CCCCC2)cc(Br)c1O. The van der Waals surface area contributed by atoms with Crippen molar-refractivity contribution in [2.75, 3.05) is 0 Å². The molecule has 1 fully saturated rings. The number of hydrogen-bond donors (Lipinski definition) is 2. The van der Waals surface area contributed by atoms with Gasteiger partial charge >= 0.3 is 0 Å². The highest BCUT2D eigenvalue weighted by molar-refractivity contribution is 9.10. The number of phenolic OH excluding ortho intramolecular Hbond substituents is 1. The van der Waals surface area contributed by atoms with Crippen molar-refractivity contribution < 1.29 is 5.11 Å². The Kier molecular flexibility index (Phi) is 3.27. The molecule has 16 heavy (non-hydrogen) atoms. The van der Waals surface area contributed by atoms with E-state index in [0.717, 1.165) is 28.4 Å². The molecule has 1 aromatic carbocycles. The monoisotopic (exact) mass is 283 g/mol. The van der Waals surface area contributed by atoms with Gasteiger partial charge in [-0.1, -0.05) is 25.3 Å². The lowest BCUT2D eigenvalue weighted by Gasteiger charge is -2.34. The maximum atomic E-state index is 9.73. The van der Waals surface area contributed by atoms with Gasteiger partial charge in [-0.3, -0.25) is 0 Å². The summed E-state index contributed by atoms with van der Waals surface area (Å²) in [6, 6.07) is 3.99. The summed E-state index contributed by atoms with van der Waals surface area (Å²) < 4.78 is 0.748. The number of nitrogens with two attached hydrogens (primary N) is 1. The molecular formula is C13H18BrNO. The minimum atomic E-state index is -0.195. The zero-order valence-corrected chi connectivity index (χ0v) is 11.2. The molecule has 1 aliphatic carbocycles. The Balaban J connectivity index is 2.39. The van der Waals surface area contributed by atoms with Crippen molar-refractivity contribution in [2.45, 2.75) is 44.6 Å². The molecule has 1 aliphatic rings. The maximum absolute atomic E-state index is 9.73. The van der Waals surface area contributed by atoms with Crippen LogP contribution in [0.15, 0.2) is 16.6 Å². The standard InChI is InChI=1S/C13H18BrNO/c1-9-7-10(8-11(14)12(9)16)13(15)5-3-2-4-6-13/h7-8,16H,2-6,15H2,1H3. The molecule has 0 spiro atoms. The van der Waals surface area contributed by atoms with Crippen molar-refractivity contribution in [3.8, 4) is 5.75 Å². The average molecular weight is 284 g/mol. The third-order valence-corrected chi connectivity index (χ3v) is 4.18. The molecule has 0 bridgehead atoms. The molecule has 0 heterocycles. The van der Waals surface area contributed by atoms with E-state index >= 15 is 0 Å². The predicted molar refractivity (Wildman–Crippen MR) is 69.5 cm³/mol. The van der Waals surface area contributed by atoms with E-state index < -0.39 is 0 Å². The Hall–Kier alpha value is -0.540. The summed E-state index contributed by atoms with van der Waals surface area (Å²) >= 11 is 3.38. The predicted octanol–water partition coefficient (Wildman–Crippen LogP) is 3.58. The van der Waals surface area contributed by atoms with Gasteiger partial charge in [0.05, 0.1) is 4.47 Å². The number of halogens is 1. The topological polar surface area (TPSA) is 46.2 Å². The summed E-state index contributed by atoms with van der Waals surface area (Å²) in [5, 5.41) is 9.73. The van der Waals surface area contributed by atoms with Crippen molar-refractivity contribution >= 4 is 15.9 Å². The first kappa shape index (κ1) is 11.9. The van der Waals surface area contributed by atoms with Gasteiger partial charge in [-0.2, -0.15) is 0 Å². The third-order valence-electron chi connectivity index (χ3n) is 3.57. The molecule has 0 saturated heterocycles. The Morgan fingerprint density at radius 3 is 2.44 bits per heavy atom. The van der Waals surface area contributed by atoms with Gasteiger partial charge < -0.3 is 10.8 Å². The minimum Gasteiger partial charge on any atom is -0.506 e. The normalized spacial score (nSPS) is 19.7. The van der Waals surface area contributed by atoms with E-state index in [1.54, 1.807) is 0 Å². The second-order valence-electron chi connectivity index (χ2n) is 4.84. The summed E-state index contributed by atoms with van der Waals surface area (Å²) in [4.78, 5) is 0. The molecule has 2 rings (SSSR count). The molecule has 0 atom stereocenters. The van der Waals surface area contributed by atoms with Gasteiger partial charge in [0.1, 0.15) is 5.75 Å². The number of benzene rings is 1. The van der Waals surface area contributed by atoms with Gasteiger partial charge in [-0.25, -0.2) is 0 Å². The highest BCUT2D eigenvalue weighted by Crippen LogP contribution is 2.38. The fourth-order valence-corrected chi connectivity index (χ4v) is 3.05. The third kappa shape index (κ3) is 2.11. The first-order valence-corrected chi connectivity index (χ1v) is 6.61. The molecule has 0 amide bonds. The smallest absolute Gasteiger partial charge is 0.132 e. The Labute approximate surface area is 105 Å². The van der Waals surface area contributed by atoms with Gasteiger partial charge in [0.2, 0.25) is 0 Å². The number of aryl methyl sites for hydroxylation is 1. The maximum Gasteiger partial charge on any atom is 0.132 e. The summed E-state index contributed by atoms with van der Waals surface area (Å²) in [5.74, 6) is 0.322. The van der Waals surface area contributed by atoms with Crippen LogP contribution in [0, 0.1) is 6.92 Å². The fourth-order valence-electron chi connectivity index (χ4n) is 2.50. The zero-order valence-electron chi connectivity index (χ0n) is 9.59. The lowest BCUT2D eigenvalue weighted by molar-refractivity contribution is 0.302. The highest BCUT2D eigenvalue weighted by atomic mass is 79.9. The quantitative estimate of drug-likeness (QED) is 0.828. The van der Waals surface area contributed by atoms with Gasteiger partial charge in [0.15, 0.2) is 0 Å². The number of hydrogen-bond acceptors (Lipinski definition) is 2. The molecule has 3 heteroatoms. The van der Waals surface area contributed by atoms with Crippen LogP contribution in [0.2, 0.25) is 0 Å². The van der Waals surface area contributed by atoms with Gasteiger partial charge in [0, 0.05) is 5.54 Å². The number of aromatic hydroxyl groups is 1. The van der Waals surface area contributed by atoms with E-state index in [1.807, 2.05) is 19.1 Å². The second-order valence-corrected chi connectivity index (χ2v) is 5.69. The lowest BCUT2D eigenvalue weighted by Crippen LogP contribution is -2.38. The molecule has 0 radical (unpaired) electrons. The van der Waals surface area contributed by atoms with Crippen LogP contribution < -0.4 is 5.73 Å². The second kappa shape index (κ2) is 4.38. The summed E-state index contributed by atoms with van der Waals surface area (Å²) in [6.07, 6.45) is 5.78. The highest BCUT2D eigenvalue weighted by Gasteiger charge is 2.30. The largest absolute Gasteiger partial charge is 0.506 e. The van der Waals surface area contributed by atoms with Crippen LogP contribution in [0.1, 0.15) is 43.2 Å². The molecule has 1 aromatic rings. The number of rotatable bonds is 1. The van der Waals surface area contributed by atoms with Crippen LogP contribution in [0.4, 0.5) is 0 Å². The van der Waals surface area contributed by atoms with E-state index in [1.165, 1.54) is 19.3 Å². The zero-order chi connectivity index (χ0) is 11.8. The Morgan fingerprint density at radius 2 is 1.88 bits per heavy atom. The van der Waals surface area contributed by atoms with Gasteiger partial charge in [-0.05, 0) is 52.9 Å². The van der Waals surface area contributed by atoms with E-state index in [2.05, 4.69) is 15.9 Å². The van der Waals surface area contributed by atoms with E-state index in [4.69, 9.17) is 5.73 Å². The van der Waals surface area contributed by atoms with Crippen molar-refractivity contribution in [1.29, 1.82) is 0 Å². The van der Waals surface area contributed by atoms with Crippen LogP contribution in [0.25, 0.3) is 0 Å². The fraction of sp³-hybridized carbons (Fsp3) is 0.538. The van der Waals surface area contributed by atoms with Crippen molar-refractivity contribution in [3.05, 3.63) is 27.7 Å².